The van der Waals surface area contributed by atoms with Gasteiger partial charge in [-0.05, 0) is 48.5 Å². The third-order valence-corrected chi connectivity index (χ3v) is 2.96. The molecule has 23 heavy (non-hydrogen) atoms. The van der Waals surface area contributed by atoms with Crippen molar-refractivity contribution in [2.75, 3.05) is 12.1 Å². The minimum absolute atomic E-state index is 0.186. The highest BCUT2D eigenvalue weighted by molar-refractivity contribution is 6.04. The number of benzene rings is 2. The second-order valence-electron chi connectivity index (χ2n) is 4.50. The zero-order valence-corrected chi connectivity index (χ0v) is 12.1. The number of amides is 1. The predicted octanol–water partition coefficient (Wildman–Crippen LogP) is 2.40. The molecule has 0 spiro atoms. The number of carbonyl (C=O) groups excluding carboxylic acids is 1. The summed E-state index contributed by atoms with van der Waals surface area (Å²) in [6.45, 7) is 0. The Bertz CT molecular complexity index is 670. The lowest BCUT2D eigenvalue weighted by Gasteiger charge is -2.14. The molecule has 0 saturated carbocycles. The molecule has 0 bridgehead atoms. The van der Waals surface area contributed by atoms with Crippen molar-refractivity contribution in [3.05, 3.63) is 54.1 Å². The van der Waals surface area contributed by atoms with Gasteiger partial charge >= 0.3 is 12.3 Å². The first-order valence-corrected chi connectivity index (χ1v) is 6.45. The van der Waals surface area contributed by atoms with E-state index in [4.69, 9.17) is 4.74 Å². The quantitative estimate of drug-likeness (QED) is 0.877. The van der Waals surface area contributed by atoms with E-state index in [1.165, 1.54) is 19.2 Å². The number of methoxy groups -OCH3 is 1. The van der Waals surface area contributed by atoms with Gasteiger partial charge in [-0.15, -0.1) is 13.2 Å². The number of hydrogen-bond acceptors (Lipinski definition) is 3. The minimum atomic E-state index is -4.77. The summed E-state index contributed by atoms with van der Waals surface area (Å²) >= 11 is 0. The molecule has 0 saturated heterocycles. The van der Waals surface area contributed by atoms with Gasteiger partial charge in [0, 0.05) is 5.56 Å². The highest BCUT2D eigenvalue weighted by atomic mass is 19.4. The molecule has 0 unspecified atom stereocenters. The largest absolute Gasteiger partial charge is 0.573 e. The number of ether oxygens (including phenoxy) is 2. The fraction of sp³-hybridized carbons (Fsp3) is 0.133. The van der Waals surface area contributed by atoms with Crippen LogP contribution in [0.3, 0.4) is 0 Å². The smallest absolute Gasteiger partial charge is 0.497 e. The van der Waals surface area contributed by atoms with Crippen molar-refractivity contribution in [3.63, 3.8) is 0 Å². The van der Waals surface area contributed by atoms with E-state index in [9.17, 15) is 18.0 Å². The first-order chi connectivity index (χ1) is 10.8. The Kier molecular flexibility index (Phi) is 4.75. The molecule has 0 fully saturated rings. The molecule has 2 aromatic rings. The van der Waals surface area contributed by atoms with Gasteiger partial charge in [-0.3, -0.25) is 4.79 Å². The predicted molar refractivity (Wildman–Crippen MR) is 75.8 cm³/mol. The van der Waals surface area contributed by atoms with Crippen molar-refractivity contribution < 1.29 is 33.3 Å². The number of nitrogens with zero attached hydrogens (tertiary/aromatic N) is 1. The van der Waals surface area contributed by atoms with Gasteiger partial charge in [0.05, 0.1) is 12.8 Å². The van der Waals surface area contributed by atoms with Crippen molar-refractivity contribution in [1.29, 1.82) is 0 Å². The van der Waals surface area contributed by atoms with Crippen molar-refractivity contribution in [1.82, 2.24) is 0 Å². The summed E-state index contributed by atoms with van der Waals surface area (Å²) in [5, 5.41) is 1.14. The Morgan fingerprint density at radius 1 is 1.00 bits per heavy atom. The van der Waals surface area contributed by atoms with Crippen LogP contribution in [0.15, 0.2) is 48.5 Å². The number of alkyl halides is 3. The molecule has 0 aliphatic heterocycles. The Balaban J connectivity index is 2.12. The van der Waals surface area contributed by atoms with Crippen LogP contribution >= 0.6 is 0 Å². The molecule has 5 nitrogen and oxygen atoms in total. The summed E-state index contributed by atoms with van der Waals surface area (Å²) in [6, 6.07) is 11.2. The summed E-state index contributed by atoms with van der Waals surface area (Å²) < 4.78 is 45.1. The lowest BCUT2D eigenvalue weighted by atomic mass is 10.2. The molecule has 0 heterocycles. The fourth-order valence-electron chi connectivity index (χ4n) is 1.83. The van der Waals surface area contributed by atoms with Crippen molar-refractivity contribution in [2.24, 2.45) is 0 Å². The van der Waals surface area contributed by atoms with E-state index in [-0.39, 0.29) is 5.56 Å². The van der Waals surface area contributed by atoms with Crippen LogP contribution in [0.2, 0.25) is 0 Å². The van der Waals surface area contributed by atoms with E-state index < -0.39 is 18.0 Å². The number of carbonyl (C=O) groups is 1. The SMILES string of the molecule is COc1ccc(N([NH3+])C(=O)c2ccc(OC(F)(F)F)cc2)cc1. The maximum Gasteiger partial charge on any atom is 0.573 e. The van der Waals surface area contributed by atoms with E-state index in [1.807, 2.05) is 0 Å². The lowest BCUT2D eigenvalue weighted by molar-refractivity contribution is -0.369. The van der Waals surface area contributed by atoms with Gasteiger partial charge in [0.25, 0.3) is 0 Å². The van der Waals surface area contributed by atoms with Crippen LogP contribution in [-0.2, 0) is 0 Å². The molecular weight excluding hydrogens is 313 g/mol. The average Bonchev–Trinajstić information content (AvgIpc) is 2.53. The van der Waals surface area contributed by atoms with Crippen LogP contribution in [-0.4, -0.2) is 19.4 Å². The van der Waals surface area contributed by atoms with Crippen LogP contribution in [0.5, 0.6) is 11.5 Å². The number of rotatable bonds is 4. The lowest BCUT2D eigenvalue weighted by Crippen LogP contribution is -2.70. The minimum Gasteiger partial charge on any atom is -0.497 e. The maximum absolute atomic E-state index is 12.3. The van der Waals surface area contributed by atoms with Gasteiger partial charge in [0.15, 0.2) is 0 Å². The van der Waals surface area contributed by atoms with Crippen molar-refractivity contribution in [3.8, 4) is 11.5 Å². The topological polar surface area (TPSA) is 66.4 Å². The summed E-state index contributed by atoms with van der Waals surface area (Å²) in [5.74, 6) is 3.42. The van der Waals surface area contributed by atoms with Gasteiger partial charge in [0.2, 0.25) is 0 Å². The second kappa shape index (κ2) is 6.57. The van der Waals surface area contributed by atoms with E-state index in [2.05, 4.69) is 10.6 Å². The number of quaternary nitrogens is 1. The second-order valence-corrected chi connectivity index (χ2v) is 4.50. The zero-order valence-electron chi connectivity index (χ0n) is 12.1. The van der Waals surface area contributed by atoms with E-state index in [0.717, 1.165) is 17.1 Å². The Morgan fingerprint density at radius 2 is 1.52 bits per heavy atom. The highest BCUT2D eigenvalue weighted by Gasteiger charge is 2.31. The van der Waals surface area contributed by atoms with Crippen molar-refractivity contribution >= 4 is 11.6 Å². The van der Waals surface area contributed by atoms with Crippen LogP contribution in [0.1, 0.15) is 10.4 Å². The van der Waals surface area contributed by atoms with E-state index in [0.29, 0.717) is 11.4 Å². The Labute approximate surface area is 130 Å². The van der Waals surface area contributed by atoms with Gasteiger partial charge in [0.1, 0.15) is 11.5 Å². The van der Waals surface area contributed by atoms with E-state index >= 15 is 0 Å². The van der Waals surface area contributed by atoms with Crippen LogP contribution in [0.25, 0.3) is 0 Å². The molecule has 8 heteroatoms. The fourth-order valence-corrected chi connectivity index (χ4v) is 1.83. The van der Waals surface area contributed by atoms with Gasteiger partial charge in [-0.25, -0.2) is 5.84 Å². The molecule has 0 aliphatic carbocycles. The van der Waals surface area contributed by atoms with E-state index in [1.54, 1.807) is 24.3 Å². The average molecular weight is 327 g/mol. The third kappa shape index (κ3) is 4.36. The number of anilines is 1. The Morgan fingerprint density at radius 3 is 2.00 bits per heavy atom. The summed E-state index contributed by atoms with van der Waals surface area (Å²) in [4.78, 5) is 12.3. The standard InChI is InChI=1S/C15H13F3N2O3/c1-22-12-8-4-11(5-9-12)20(19)14(21)10-2-6-13(7-3-10)23-15(16,17)18/h2-9H,19H2,1H3/p+1. The number of halogens is 3. The molecule has 0 aromatic heterocycles. The Hall–Kier alpha value is -2.74. The van der Waals surface area contributed by atoms with Crippen LogP contribution in [0.4, 0.5) is 18.9 Å². The number of hydrogen-bond donors (Lipinski definition) is 1. The zero-order chi connectivity index (χ0) is 17.0. The summed E-state index contributed by atoms with van der Waals surface area (Å²) in [7, 11) is 1.52. The third-order valence-electron chi connectivity index (χ3n) is 2.96. The molecular formula is C15H14F3N2O3+. The van der Waals surface area contributed by atoms with Crippen molar-refractivity contribution in [2.45, 2.75) is 6.36 Å². The molecule has 2 aromatic carbocycles. The molecule has 0 atom stereocenters. The summed E-state index contributed by atoms with van der Waals surface area (Å²) in [6.07, 6.45) is -4.77. The summed E-state index contributed by atoms with van der Waals surface area (Å²) in [5.41, 5.74) is 0.705. The van der Waals surface area contributed by atoms with Gasteiger partial charge in [-0.1, -0.05) is 0 Å². The first kappa shape index (κ1) is 16.6. The molecule has 0 aliphatic rings. The monoisotopic (exact) mass is 327 g/mol. The van der Waals surface area contributed by atoms with Gasteiger partial charge < -0.3 is 9.47 Å². The molecule has 2 rings (SSSR count). The molecule has 122 valence electrons. The molecule has 3 N–H and O–H groups in total. The van der Waals surface area contributed by atoms with Crippen LogP contribution < -0.4 is 20.3 Å². The molecule has 0 radical (unpaired) electrons. The highest BCUT2D eigenvalue weighted by Crippen LogP contribution is 2.23. The normalized spacial score (nSPS) is 11.0. The van der Waals surface area contributed by atoms with Gasteiger partial charge in [-0.2, -0.15) is 5.01 Å². The molecule has 1 amide bonds. The maximum atomic E-state index is 12.3. The van der Waals surface area contributed by atoms with Crippen LogP contribution in [0, 0.1) is 0 Å². The first-order valence-electron chi connectivity index (χ1n) is 6.45.